The molecular formula is C16H28. The zero-order chi connectivity index (χ0) is 12.0. The lowest BCUT2D eigenvalue weighted by molar-refractivity contribution is 0.192. The Morgan fingerprint density at radius 3 is 1.62 bits per heavy atom. The average Bonchev–Trinajstić information content (AvgIpc) is 2.26. The molecule has 1 aliphatic carbocycles. The molecule has 0 N–H and O–H groups in total. The third kappa shape index (κ3) is 3.81. The summed E-state index contributed by atoms with van der Waals surface area (Å²) < 4.78 is 0. The molecule has 1 fully saturated rings. The van der Waals surface area contributed by atoms with Gasteiger partial charge in [0.25, 0.3) is 0 Å². The van der Waals surface area contributed by atoms with Crippen molar-refractivity contribution in [3.05, 3.63) is 24.3 Å². The van der Waals surface area contributed by atoms with Crippen molar-refractivity contribution in [3.8, 4) is 0 Å². The molecule has 0 aliphatic heterocycles. The van der Waals surface area contributed by atoms with Crippen LogP contribution in [0.3, 0.4) is 0 Å². The maximum absolute atomic E-state index is 2.46. The van der Waals surface area contributed by atoms with Gasteiger partial charge in [0, 0.05) is 0 Å². The van der Waals surface area contributed by atoms with Gasteiger partial charge in [-0.25, -0.2) is 0 Å². The summed E-state index contributed by atoms with van der Waals surface area (Å²) in [4.78, 5) is 0. The number of hydrogen-bond donors (Lipinski definition) is 0. The molecule has 1 rings (SSSR count). The van der Waals surface area contributed by atoms with Crippen LogP contribution in [0.1, 0.15) is 53.4 Å². The molecule has 0 saturated heterocycles. The van der Waals surface area contributed by atoms with Gasteiger partial charge in [-0.3, -0.25) is 0 Å². The number of hydrogen-bond acceptors (Lipinski definition) is 0. The van der Waals surface area contributed by atoms with E-state index in [1.54, 1.807) is 0 Å². The van der Waals surface area contributed by atoms with E-state index in [0.29, 0.717) is 0 Å². The van der Waals surface area contributed by atoms with Crippen molar-refractivity contribution in [2.24, 2.45) is 23.7 Å². The maximum Gasteiger partial charge on any atom is -0.0202 e. The molecule has 4 unspecified atom stereocenters. The highest BCUT2D eigenvalue weighted by Gasteiger charge is 2.29. The van der Waals surface area contributed by atoms with Crippen LogP contribution < -0.4 is 0 Å². The van der Waals surface area contributed by atoms with Gasteiger partial charge in [0.2, 0.25) is 0 Å². The molecule has 1 saturated carbocycles. The van der Waals surface area contributed by atoms with E-state index >= 15 is 0 Å². The number of allylic oxidation sites excluding steroid dienone is 4. The molecular weight excluding hydrogens is 192 g/mol. The predicted molar refractivity (Wildman–Crippen MR) is 73.4 cm³/mol. The standard InChI is InChI=1S/C16H28/c1-5-7-9-15-12-16(10-8-6-2)14(4)11-13(15)3/h7-10,13-16H,5-6,11-12H2,1-4H3/b9-7+,10-8+. The molecule has 92 valence electrons. The van der Waals surface area contributed by atoms with Gasteiger partial charge in [-0.1, -0.05) is 52.0 Å². The van der Waals surface area contributed by atoms with E-state index in [0.717, 1.165) is 23.7 Å². The summed E-state index contributed by atoms with van der Waals surface area (Å²) in [7, 11) is 0. The third-order valence-corrected chi connectivity index (χ3v) is 3.99. The van der Waals surface area contributed by atoms with Gasteiger partial charge in [-0.2, -0.15) is 0 Å². The Balaban J connectivity index is 2.60. The highest BCUT2D eigenvalue weighted by Crippen LogP contribution is 2.39. The minimum Gasteiger partial charge on any atom is -0.0885 e. The van der Waals surface area contributed by atoms with E-state index in [4.69, 9.17) is 0 Å². The highest BCUT2D eigenvalue weighted by atomic mass is 14.3. The third-order valence-electron chi connectivity index (χ3n) is 3.99. The molecule has 1 aliphatic rings. The maximum atomic E-state index is 2.46. The highest BCUT2D eigenvalue weighted by molar-refractivity contribution is 5.00. The lowest BCUT2D eigenvalue weighted by atomic mass is 9.69. The Morgan fingerprint density at radius 2 is 1.25 bits per heavy atom. The molecule has 0 spiro atoms. The van der Waals surface area contributed by atoms with Crippen LogP contribution in [0.2, 0.25) is 0 Å². The van der Waals surface area contributed by atoms with Gasteiger partial charge in [0.15, 0.2) is 0 Å². The first kappa shape index (κ1) is 13.5. The second kappa shape index (κ2) is 6.93. The van der Waals surface area contributed by atoms with Crippen LogP contribution >= 0.6 is 0 Å². The van der Waals surface area contributed by atoms with Gasteiger partial charge in [-0.15, -0.1) is 0 Å². The van der Waals surface area contributed by atoms with Crippen LogP contribution in [0.25, 0.3) is 0 Å². The van der Waals surface area contributed by atoms with Crippen molar-refractivity contribution >= 4 is 0 Å². The minimum atomic E-state index is 0.808. The summed E-state index contributed by atoms with van der Waals surface area (Å²) in [5.41, 5.74) is 0. The largest absolute Gasteiger partial charge is 0.0885 e. The fourth-order valence-corrected chi connectivity index (χ4v) is 2.87. The van der Waals surface area contributed by atoms with Gasteiger partial charge in [0.1, 0.15) is 0 Å². The lowest BCUT2D eigenvalue weighted by Crippen LogP contribution is -2.27. The molecule has 0 aromatic rings. The van der Waals surface area contributed by atoms with E-state index in [1.165, 1.54) is 25.7 Å². The van der Waals surface area contributed by atoms with Crippen LogP contribution in [-0.2, 0) is 0 Å². The van der Waals surface area contributed by atoms with Crippen molar-refractivity contribution in [2.75, 3.05) is 0 Å². The zero-order valence-corrected chi connectivity index (χ0v) is 11.4. The quantitative estimate of drug-likeness (QED) is 0.570. The van der Waals surface area contributed by atoms with Gasteiger partial charge >= 0.3 is 0 Å². The van der Waals surface area contributed by atoms with Crippen molar-refractivity contribution < 1.29 is 0 Å². The van der Waals surface area contributed by atoms with Crippen LogP contribution in [0.15, 0.2) is 24.3 Å². The monoisotopic (exact) mass is 220 g/mol. The van der Waals surface area contributed by atoms with Crippen LogP contribution in [0.5, 0.6) is 0 Å². The van der Waals surface area contributed by atoms with E-state index in [1.807, 2.05) is 0 Å². The zero-order valence-electron chi connectivity index (χ0n) is 11.4. The van der Waals surface area contributed by atoms with E-state index in [9.17, 15) is 0 Å². The predicted octanol–water partition coefficient (Wildman–Crippen LogP) is 5.22. The van der Waals surface area contributed by atoms with E-state index in [2.05, 4.69) is 52.0 Å². The van der Waals surface area contributed by atoms with Crippen molar-refractivity contribution in [1.82, 2.24) is 0 Å². The van der Waals surface area contributed by atoms with Gasteiger partial charge in [0.05, 0.1) is 0 Å². The second-order valence-corrected chi connectivity index (χ2v) is 5.43. The summed E-state index contributed by atoms with van der Waals surface area (Å²) in [6, 6.07) is 0. The molecule has 0 radical (unpaired) electrons. The topological polar surface area (TPSA) is 0 Å². The first-order valence-corrected chi connectivity index (χ1v) is 7.02. The summed E-state index contributed by atoms with van der Waals surface area (Å²) in [6.45, 7) is 9.28. The molecule has 4 atom stereocenters. The Bertz CT molecular complexity index is 212. The van der Waals surface area contributed by atoms with E-state index in [-0.39, 0.29) is 0 Å². The smallest absolute Gasteiger partial charge is 0.0202 e. The van der Waals surface area contributed by atoms with E-state index < -0.39 is 0 Å². The summed E-state index contributed by atoms with van der Waals surface area (Å²) in [5.74, 6) is 3.35. The Labute approximate surface area is 102 Å². The molecule has 0 heteroatoms. The van der Waals surface area contributed by atoms with Crippen molar-refractivity contribution in [1.29, 1.82) is 0 Å². The minimum absolute atomic E-state index is 0.808. The lowest BCUT2D eigenvalue weighted by Gasteiger charge is -2.36. The fourth-order valence-electron chi connectivity index (χ4n) is 2.87. The second-order valence-electron chi connectivity index (χ2n) is 5.43. The van der Waals surface area contributed by atoms with Gasteiger partial charge in [-0.05, 0) is 49.4 Å². The molecule has 16 heavy (non-hydrogen) atoms. The average molecular weight is 220 g/mol. The Hall–Kier alpha value is -0.520. The van der Waals surface area contributed by atoms with Crippen molar-refractivity contribution in [2.45, 2.75) is 53.4 Å². The molecule has 0 aromatic carbocycles. The first-order chi connectivity index (χ1) is 7.69. The molecule has 0 amide bonds. The van der Waals surface area contributed by atoms with Crippen LogP contribution in [0, 0.1) is 23.7 Å². The normalized spacial score (nSPS) is 36.2. The summed E-state index contributed by atoms with van der Waals surface area (Å²) in [6.07, 6.45) is 14.7. The summed E-state index contributed by atoms with van der Waals surface area (Å²) >= 11 is 0. The molecule has 0 bridgehead atoms. The number of rotatable bonds is 4. The Morgan fingerprint density at radius 1 is 0.812 bits per heavy atom. The van der Waals surface area contributed by atoms with Crippen molar-refractivity contribution in [3.63, 3.8) is 0 Å². The van der Waals surface area contributed by atoms with Gasteiger partial charge < -0.3 is 0 Å². The molecule has 0 nitrogen and oxygen atoms in total. The molecule has 0 heterocycles. The fraction of sp³-hybridized carbons (Fsp3) is 0.750. The van der Waals surface area contributed by atoms with Crippen LogP contribution in [0.4, 0.5) is 0 Å². The SMILES string of the molecule is CC/C=C/C1CC(/C=C/CC)C(C)CC1C. The summed E-state index contributed by atoms with van der Waals surface area (Å²) in [5, 5.41) is 0. The Kier molecular flexibility index (Phi) is 5.87. The first-order valence-electron chi connectivity index (χ1n) is 7.02. The van der Waals surface area contributed by atoms with Crippen LogP contribution in [-0.4, -0.2) is 0 Å². The molecule has 0 aromatic heterocycles.